The first-order valence-corrected chi connectivity index (χ1v) is 8.41. The van der Waals surface area contributed by atoms with Crippen molar-refractivity contribution in [1.29, 1.82) is 0 Å². The Morgan fingerprint density at radius 1 is 1.52 bits per heavy atom. The van der Waals surface area contributed by atoms with Gasteiger partial charge in [0.1, 0.15) is 5.82 Å². The highest BCUT2D eigenvalue weighted by atomic mass is 32.1. The number of hydrogen-bond donors (Lipinski definition) is 1. The summed E-state index contributed by atoms with van der Waals surface area (Å²) in [5.74, 6) is 1.06. The predicted octanol–water partition coefficient (Wildman–Crippen LogP) is 2.50. The molecule has 0 spiro atoms. The molecule has 1 unspecified atom stereocenters. The zero-order valence-electron chi connectivity index (χ0n) is 13.0. The molecule has 2 aromatic heterocycles. The van der Waals surface area contributed by atoms with Crippen molar-refractivity contribution in [3.63, 3.8) is 0 Å². The minimum atomic E-state index is 0.435. The normalized spacial score (nSPS) is 17.8. The lowest BCUT2D eigenvalue weighted by Crippen LogP contribution is -2.25. The van der Waals surface area contributed by atoms with Gasteiger partial charge in [0.25, 0.3) is 0 Å². The molecule has 2 aromatic rings. The van der Waals surface area contributed by atoms with Crippen LogP contribution in [0.1, 0.15) is 42.2 Å². The fraction of sp³-hybridized carbons (Fsp3) is 0.600. The van der Waals surface area contributed by atoms with Gasteiger partial charge in [0.2, 0.25) is 0 Å². The van der Waals surface area contributed by atoms with Crippen molar-refractivity contribution < 1.29 is 0 Å². The van der Waals surface area contributed by atoms with Crippen LogP contribution >= 0.6 is 11.3 Å². The van der Waals surface area contributed by atoms with Crippen molar-refractivity contribution in [2.24, 2.45) is 7.05 Å². The molecule has 5 nitrogen and oxygen atoms in total. The van der Waals surface area contributed by atoms with E-state index in [-0.39, 0.29) is 0 Å². The van der Waals surface area contributed by atoms with Crippen LogP contribution in [0.25, 0.3) is 0 Å². The minimum absolute atomic E-state index is 0.435. The maximum absolute atomic E-state index is 4.91. The van der Waals surface area contributed by atoms with Crippen molar-refractivity contribution in [2.75, 3.05) is 18.5 Å². The smallest absolute Gasteiger partial charge is 0.185 e. The molecule has 0 aromatic carbocycles. The second kappa shape index (κ2) is 6.15. The number of aryl methyl sites for hydroxylation is 2. The van der Waals surface area contributed by atoms with Crippen LogP contribution in [0.2, 0.25) is 0 Å². The molecule has 0 saturated heterocycles. The SMILES string of the molecule is CCNC1CCCc2sc(N(C)Cc3nccn3C)nc21. The summed E-state index contributed by atoms with van der Waals surface area (Å²) in [6, 6.07) is 0.435. The minimum Gasteiger partial charge on any atom is -0.344 e. The van der Waals surface area contributed by atoms with Gasteiger partial charge in [0.05, 0.1) is 18.3 Å². The third kappa shape index (κ3) is 2.96. The molecule has 0 aliphatic heterocycles. The van der Waals surface area contributed by atoms with Crippen LogP contribution in [0.5, 0.6) is 0 Å². The van der Waals surface area contributed by atoms with E-state index in [9.17, 15) is 0 Å². The zero-order chi connectivity index (χ0) is 14.8. The van der Waals surface area contributed by atoms with E-state index in [4.69, 9.17) is 4.98 Å². The van der Waals surface area contributed by atoms with Crippen LogP contribution in [-0.2, 0) is 20.0 Å². The molecule has 1 aliphatic carbocycles. The number of anilines is 1. The van der Waals surface area contributed by atoms with Crippen molar-refractivity contribution in [2.45, 2.75) is 38.8 Å². The summed E-state index contributed by atoms with van der Waals surface area (Å²) in [4.78, 5) is 13.0. The summed E-state index contributed by atoms with van der Waals surface area (Å²) >= 11 is 1.84. The van der Waals surface area contributed by atoms with Gasteiger partial charge in [-0.2, -0.15) is 0 Å². The van der Waals surface area contributed by atoms with E-state index >= 15 is 0 Å². The van der Waals surface area contributed by atoms with Crippen LogP contribution in [0.4, 0.5) is 5.13 Å². The number of imidazole rings is 1. The van der Waals surface area contributed by atoms with E-state index in [2.05, 4.69) is 33.7 Å². The predicted molar refractivity (Wildman–Crippen MR) is 86.8 cm³/mol. The first-order valence-electron chi connectivity index (χ1n) is 7.59. The Labute approximate surface area is 130 Å². The Hall–Kier alpha value is -1.40. The van der Waals surface area contributed by atoms with E-state index in [1.165, 1.54) is 29.8 Å². The first-order chi connectivity index (χ1) is 10.2. The fourth-order valence-corrected chi connectivity index (χ4v) is 3.97. The Bertz CT molecular complexity index is 603. The molecular formula is C15H23N5S. The number of thiazole rings is 1. The van der Waals surface area contributed by atoms with Gasteiger partial charge in [-0.1, -0.05) is 6.92 Å². The van der Waals surface area contributed by atoms with Gasteiger partial charge in [-0.15, -0.1) is 11.3 Å². The van der Waals surface area contributed by atoms with Gasteiger partial charge in [-0.25, -0.2) is 9.97 Å². The summed E-state index contributed by atoms with van der Waals surface area (Å²) in [5.41, 5.74) is 1.27. The lowest BCUT2D eigenvalue weighted by atomic mass is 9.98. The average Bonchev–Trinajstić information content (AvgIpc) is 3.07. The van der Waals surface area contributed by atoms with Crippen LogP contribution in [0.15, 0.2) is 12.4 Å². The largest absolute Gasteiger partial charge is 0.344 e. The fourth-order valence-electron chi connectivity index (χ4n) is 2.84. The highest BCUT2D eigenvalue weighted by Gasteiger charge is 2.25. The molecular weight excluding hydrogens is 282 g/mol. The molecule has 0 saturated carbocycles. The molecule has 1 aliphatic rings. The third-order valence-electron chi connectivity index (χ3n) is 4.02. The number of hydrogen-bond acceptors (Lipinski definition) is 5. The molecule has 1 atom stereocenters. The number of rotatable bonds is 5. The Kier molecular flexibility index (Phi) is 4.26. The topological polar surface area (TPSA) is 46.0 Å². The quantitative estimate of drug-likeness (QED) is 0.922. The monoisotopic (exact) mass is 305 g/mol. The van der Waals surface area contributed by atoms with E-state index in [0.717, 1.165) is 24.0 Å². The third-order valence-corrected chi connectivity index (χ3v) is 5.26. The Morgan fingerprint density at radius 2 is 2.38 bits per heavy atom. The standard InChI is InChI=1S/C15H23N5S/c1-4-16-11-6-5-7-12-14(11)18-15(21-12)20(3)10-13-17-8-9-19(13)2/h8-9,11,16H,4-7,10H2,1-3H3. The summed E-state index contributed by atoms with van der Waals surface area (Å²) in [7, 11) is 4.13. The summed E-state index contributed by atoms with van der Waals surface area (Å²) in [5, 5.41) is 4.66. The summed E-state index contributed by atoms with van der Waals surface area (Å²) < 4.78 is 2.06. The van der Waals surface area contributed by atoms with E-state index in [0.29, 0.717) is 6.04 Å². The number of nitrogens with one attached hydrogen (secondary N) is 1. The summed E-state index contributed by atoms with van der Waals surface area (Å²) in [6.45, 7) is 3.95. The van der Waals surface area contributed by atoms with E-state index < -0.39 is 0 Å². The number of aromatic nitrogens is 3. The van der Waals surface area contributed by atoms with Gasteiger partial charge in [0.15, 0.2) is 5.13 Å². The van der Waals surface area contributed by atoms with Crippen LogP contribution in [0.3, 0.4) is 0 Å². The van der Waals surface area contributed by atoms with Crippen molar-refractivity contribution in [1.82, 2.24) is 19.9 Å². The van der Waals surface area contributed by atoms with Crippen molar-refractivity contribution in [3.8, 4) is 0 Å². The highest BCUT2D eigenvalue weighted by Crippen LogP contribution is 2.36. The zero-order valence-corrected chi connectivity index (χ0v) is 13.8. The van der Waals surface area contributed by atoms with Gasteiger partial charge in [-0.05, 0) is 25.8 Å². The van der Waals surface area contributed by atoms with Gasteiger partial charge >= 0.3 is 0 Å². The van der Waals surface area contributed by atoms with Crippen LogP contribution in [0, 0.1) is 0 Å². The molecule has 21 heavy (non-hydrogen) atoms. The highest BCUT2D eigenvalue weighted by molar-refractivity contribution is 7.15. The van der Waals surface area contributed by atoms with Gasteiger partial charge < -0.3 is 14.8 Å². The second-order valence-corrected chi connectivity index (χ2v) is 6.68. The van der Waals surface area contributed by atoms with E-state index in [1.807, 2.05) is 30.8 Å². The van der Waals surface area contributed by atoms with Crippen molar-refractivity contribution >= 4 is 16.5 Å². The molecule has 114 valence electrons. The molecule has 1 N–H and O–H groups in total. The second-order valence-electron chi connectivity index (χ2n) is 5.62. The molecule has 0 bridgehead atoms. The Morgan fingerprint density at radius 3 is 3.10 bits per heavy atom. The molecule has 0 fully saturated rings. The van der Waals surface area contributed by atoms with Gasteiger partial charge in [0, 0.05) is 31.4 Å². The first kappa shape index (κ1) is 14.5. The lowest BCUT2D eigenvalue weighted by Gasteiger charge is -2.21. The average molecular weight is 305 g/mol. The maximum atomic E-state index is 4.91. The van der Waals surface area contributed by atoms with E-state index in [1.54, 1.807) is 0 Å². The molecule has 0 amide bonds. The number of fused-ring (bicyclic) bond motifs is 1. The van der Waals surface area contributed by atoms with Crippen molar-refractivity contribution in [3.05, 3.63) is 28.8 Å². The molecule has 2 heterocycles. The number of nitrogens with zero attached hydrogens (tertiary/aromatic N) is 4. The maximum Gasteiger partial charge on any atom is 0.185 e. The lowest BCUT2D eigenvalue weighted by molar-refractivity contribution is 0.465. The molecule has 3 rings (SSSR count). The Balaban J connectivity index is 1.78. The van der Waals surface area contributed by atoms with Crippen LogP contribution in [-0.4, -0.2) is 28.1 Å². The van der Waals surface area contributed by atoms with Gasteiger partial charge in [-0.3, -0.25) is 0 Å². The molecule has 6 heteroatoms. The van der Waals surface area contributed by atoms with Crippen LogP contribution < -0.4 is 10.2 Å². The summed E-state index contributed by atoms with van der Waals surface area (Å²) in [6.07, 6.45) is 7.46. The molecule has 0 radical (unpaired) electrons.